The van der Waals surface area contributed by atoms with Crippen LogP contribution < -0.4 is 10.6 Å². The third-order valence-corrected chi connectivity index (χ3v) is 5.35. The fourth-order valence-electron chi connectivity index (χ4n) is 2.79. The number of primary amides is 1. The largest absolute Gasteiger partial charge is 0.369 e. The molecule has 0 aromatic carbocycles. The molecular weight excluding hydrogens is 362 g/mol. The van der Waals surface area contributed by atoms with Crippen molar-refractivity contribution in [3.8, 4) is 0 Å². The number of thioether (sulfide) groups is 1. The van der Waals surface area contributed by atoms with Crippen LogP contribution in [0.3, 0.4) is 0 Å². The zero-order valence-corrected chi connectivity index (χ0v) is 16.1. The number of carbonyl (C=O) groups excluding carboxylic acids is 2. The monoisotopic (exact) mass is 385 g/mol. The van der Waals surface area contributed by atoms with Crippen LogP contribution in [-0.4, -0.2) is 58.6 Å². The predicted molar refractivity (Wildman–Crippen MR) is 99.8 cm³/mol. The summed E-state index contributed by atoms with van der Waals surface area (Å²) in [6, 6.07) is 1.73. The number of amides is 2. The first-order valence-electron chi connectivity index (χ1n) is 8.44. The number of nitrogens with zero attached hydrogens (tertiary/aromatic N) is 4. The molecule has 1 aromatic heterocycles. The summed E-state index contributed by atoms with van der Waals surface area (Å²) in [4.78, 5) is 36.1. The number of hydrogen-bond donors (Lipinski definition) is 1. The molecule has 0 unspecified atom stereocenters. The Balaban J connectivity index is 1.92. The third kappa shape index (κ3) is 5.47. The highest BCUT2D eigenvalue weighted by atomic mass is 35.5. The van der Waals surface area contributed by atoms with Crippen LogP contribution in [0.15, 0.2) is 11.2 Å². The van der Waals surface area contributed by atoms with Gasteiger partial charge in [0.25, 0.3) is 0 Å². The highest BCUT2D eigenvalue weighted by molar-refractivity contribution is 7.99. The highest BCUT2D eigenvalue weighted by Crippen LogP contribution is 2.23. The average molecular weight is 386 g/mol. The third-order valence-electron chi connectivity index (χ3n) is 4.32. The van der Waals surface area contributed by atoms with E-state index in [2.05, 4.69) is 14.9 Å². The predicted octanol–water partition coefficient (Wildman–Crippen LogP) is 1.79. The van der Waals surface area contributed by atoms with E-state index >= 15 is 0 Å². The van der Waals surface area contributed by atoms with E-state index in [4.69, 9.17) is 17.3 Å². The van der Waals surface area contributed by atoms with Gasteiger partial charge in [0.2, 0.25) is 11.8 Å². The lowest BCUT2D eigenvalue weighted by Crippen LogP contribution is -2.42. The number of halogens is 1. The lowest BCUT2D eigenvalue weighted by molar-refractivity contribution is -0.132. The molecule has 0 atom stereocenters. The van der Waals surface area contributed by atoms with Gasteiger partial charge in [0, 0.05) is 38.2 Å². The maximum atomic E-state index is 12.4. The van der Waals surface area contributed by atoms with Crippen molar-refractivity contribution in [2.75, 3.05) is 36.8 Å². The van der Waals surface area contributed by atoms with Crippen LogP contribution in [0.4, 0.5) is 5.82 Å². The summed E-state index contributed by atoms with van der Waals surface area (Å²) in [6.07, 6.45) is 1.26. The summed E-state index contributed by atoms with van der Waals surface area (Å²) in [6.45, 7) is 6.86. The smallest absolute Gasteiger partial charge is 0.233 e. The Hall–Kier alpha value is -1.54. The van der Waals surface area contributed by atoms with Gasteiger partial charge in [-0.15, -0.1) is 0 Å². The van der Waals surface area contributed by atoms with Gasteiger partial charge in [0.05, 0.1) is 5.75 Å². The van der Waals surface area contributed by atoms with Crippen molar-refractivity contribution < 1.29 is 9.59 Å². The number of hydrogen-bond acceptors (Lipinski definition) is 6. The van der Waals surface area contributed by atoms with E-state index in [1.54, 1.807) is 11.0 Å². The molecule has 9 heteroatoms. The summed E-state index contributed by atoms with van der Waals surface area (Å²) in [5.74, 6) is 0.629. The van der Waals surface area contributed by atoms with Gasteiger partial charge in [-0.05, 0) is 26.7 Å². The number of anilines is 1. The van der Waals surface area contributed by atoms with Gasteiger partial charge in [0.15, 0.2) is 5.16 Å². The zero-order valence-electron chi connectivity index (χ0n) is 14.6. The van der Waals surface area contributed by atoms with E-state index in [0.717, 1.165) is 18.9 Å². The van der Waals surface area contributed by atoms with Gasteiger partial charge in [-0.3, -0.25) is 9.59 Å². The number of rotatable bonds is 7. The van der Waals surface area contributed by atoms with Gasteiger partial charge in [-0.25, -0.2) is 9.97 Å². The van der Waals surface area contributed by atoms with Gasteiger partial charge in [0.1, 0.15) is 11.0 Å². The quantitative estimate of drug-likeness (QED) is 0.437. The van der Waals surface area contributed by atoms with E-state index in [9.17, 15) is 9.59 Å². The molecule has 25 heavy (non-hydrogen) atoms. The second kappa shape index (κ2) is 9.24. The lowest BCUT2D eigenvalue weighted by Gasteiger charge is -2.30. The van der Waals surface area contributed by atoms with Crippen LogP contribution in [0.2, 0.25) is 5.15 Å². The van der Waals surface area contributed by atoms with E-state index < -0.39 is 0 Å². The topological polar surface area (TPSA) is 92.4 Å². The van der Waals surface area contributed by atoms with Crippen LogP contribution in [0.25, 0.3) is 0 Å². The van der Waals surface area contributed by atoms with E-state index in [1.807, 2.05) is 13.8 Å². The van der Waals surface area contributed by atoms with Crippen molar-refractivity contribution >= 4 is 41.0 Å². The fraction of sp³-hybridized carbons (Fsp3) is 0.625. The second-order valence-corrected chi connectivity index (χ2v) is 7.18. The number of nitrogens with two attached hydrogens (primary N) is 1. The van der Waals surface area contributed by atoms with Crippen molar-refractivity contribution in [1.82, 2.24) is 14.9 Å². The Morgan fingerprint density at radius 1 is 1.32 bits per heavy atom. The van der Waals surface area contributed by atoms with Crippen LogP contribution in [0.5, 0.6) is 0 Å². The molecule has 0 spiro atoms. The number of aromatic nitrogens is 2. The van der Waals surface area contributed by atoms with E-state index in [1.165, 1.54) is 11.8 Å². The van der Waals surface area contributed by atoms with Crippen LogP contribution in [0, 0.1) is 5.92 Å². The van der Waals surface area contributed by atoms with Crippen molar-refractivity contribution in [2.45, 2.75) is 31.8 Å². The summed E-state index contributed by atoms with van der Waals surface area (Å²) in [5.41, 5.74) is 5.32. The molecule has 138 valence electrons. The molecule has 0 bridgehead atoms. The van der Waals surface area contributed by atoms with Gasteiger partial charge < -0.3 is 15.5 Å². The molecule has 0 radical (unpaired) electrons. The van der Waals surface area contributed by atoms with Crippen LogP contribution in [0.1, 0.15) is 26.7 Å². The van der Waals surface area contributed by atoms with E-state index in [0.29, 0.717) is 36.2 Å². The van der Waals surface area contributed by atoms with Crippen LogP contribution in [-0.2, 0) is 9.59 Å². The first kappa shape index (κ1) is 19.8. The molecule has 0 aliphatic carbocycles. The fourth-order valence-corrected chi connectivity index (χ4v) is 3.77. The molecular formula is C16H24ClN5O2S. The SMILES string of the molecule is CCN(CC)c1cc(Cl)nc(SCC(=O)N2CCC(C(N)=O)CC2)n1. The Kier molecular flexibility index (Phi) is 7.31. The van der Waals surface area contributed by atoms with Gasteiger partial charge >= 0.3 is 0 Å². The molecule has 1 aliphatic rings. The highest BCUT2D eigenvalue weighted by Gasteiger charge is 2.26. The molecule has 0 saturated carbocycles. The van der Waals surface area contributed by atoms with Crippen LogP contribution >= 0.6 is 23.4 Å². The Morgan fingerprint density at radius 2 is 1.96 bits per heavy atom. The molecule has 1 saturated heterocycles. The summed E-state index contributed by atoms with van der Waals surface area (Å²) >= 11 is 7.37. The molecule has 2 rings (SSSR count). The summed E-state index contributed by atoms with van der Waals surface area (Å²) in [5, 5.41) is 0.865. The Morgan fingerprint density at radius 3 is 2.52 bits per heavy atom. The number of carbonyl (C=O) groups is 2. The molecule has 1 aliphatic heterocycles. The first-order valence-corrected chi connectivity index (χ1v) is 9.80. The van der Waals surface area contributed by atoms with Gasteiger partial charge in [-0.1, -0.05) is 23.4 Å². The second-order valence-electron chi connectivity index (χ2n) is 5.85. The number of likely N-dealkylation sites (tertiary alicyclic amines) is 1. The molecule has 2 heterocycles. The molecule has 2 N–H and O–H groups in total. The van der Waals surface area contributed by atoms with Crippen molar-refractivity contribution in [2.24, 2.45) is 11.7 Å². The molecule has 1 fully saturated rings. The maximum Gasteiger partial charge on any atom is 0.233 e. The van der Waals surface area contributed by atoms with Gasteiger partial charge in [-0.2, -0.15) is 0 Å². The normalized spacial score (nSPS) is 15.2. The Labute approximate surface area is 157 Å². The van der Waals surface area contributed by atoms with Crippen molar-refractivity contribution in [1.29, 1.82) is 0 Å². The van der Waals surface area contributed by atoms with E-state index in [-0.39, 0.29) is 23.5 Å². The molecule has 2 amide bonds. The minimum Gasteiger partial charge on any atom is -0.369 e. The minimum atomic E-state index is -0.280. The van der Waals surface area contributed by atoms with Crippen molar-refractivity contribution in [3.63, 3.8) is 0 Å². The summed E-state index contributed by atoms with van der Waals surface area (Å²) in [7, 11) is 0. The Bertz CT molecular complexity index is 619. The first-order chi connectivity index (χ1) is 11.9. The number of piperidine rings is 1. The standard InChI is InChI=1S/C16H24ClN5O2S/c1-3-21(4-2)13-9-12(17)19-16(20-13)25-10-14(23)22-7-5-11(6-8-22)15(18)24/h9,11H,3-8,10H2,1-2H3,(H2,18,24). The lowest BCUT2D eigenvalue weighted by atomic mass is 9.96. The maximum absolute atomic E-state index is 12.4. The average Bonchev–Trinajstić information content (AvgIpc) is 2.60. The summed E-state index contributed by atoms with van der Waals surface area (Å²) < 4.78 is 0. The molecule has 7 nitrogen and oxygen atoms in total. The van der Waals surface area contributed by atoms with Crippen molar-refractivity contribution in [3.05, 3.63) is 11.2 Å². The molecule has 1 aromatic rings. The zero-order chi connectivity index (χ0) is 18.4. The minimum absolute atomic E-state index is 0.0147.